The van der Waals surface area contributed by atoms with Gasteiger partial charge in [-0.2, -0.15) is 0 Å². The number of carboxylic acids is 1. The van der Waals surface area contributed by atoms with E-state index in [9.17, 15) is 24.3 Å². The molecule has 0 radical (unpaired) electrons. The summed E-state index contributed by atoms with van der Waals surface area (Å²) in [6.45, 7) is -0.389. The van der Waals surface area contributed by atoms with Crippen molar-refractivity contribution in [3.05, 3.63) is 68.6 Å². The number of hydrogen-bond donors (Lipinski definition) is 4. The zero-order chi connectivity index (χ0) is 27.6. The van der Waals surface area contributed by atoms with E-state index in [1.807, 2.05) is 0 Å². The topological polar surface area (TPSA) is 140 Å². The third-order valence-corrected chi connectivity index (χ3v) is 9.18. The first kappa shape index (κ1) is 28.5. The van der Waals surface area contributed by atoms with Gasteiger partial charge in [-0.1, -0.05) is 34.8 Å². The summed E-state index contributed by atoms with van der Waals surface area (Å²) >= 11 is 20.6. The number of nitrogens with one attached hydrogen (secondary N) is 2. The minimum atomic E-state index is -1.26. The Balaban J connectivity index is 1.43. The van der Waals surface area contributed by atoms with Crippen molar-refractivity contribution in [3.8, 4) is 0 Å². The molecule has 2 aliphatic rings. The molecule has 15 heteroatoms. The smallest absolute Gasteiger partial charge is 0.352 e. The van der Waals surface area contributed by atoms with Gasteiger partial charge < -0.3 is 20.8 Å². The number of aliphatic carboxylic acids is 1. The lowest BCUT2D eigenvalue weighted by atomic mass is 10.0. The average molecular weight is 619 g/mol. The van der Waals surface area contributed by atoms with Crippen LogP contribution in [0.4, 0.5) is 0 Å². The number of carbonyl (C=O) groups is 4. The van der Waals surface area contributed by atoms with Crippen LogP contribution in [0.15, 0.2) is 52.8 Å². The van der Waals surface area contributed by atoms with Gasteiger partial charge in [-0.3, -0.25) is 19.3 Å². The number of rotatable bonds is 9. The number of benzene rings is 1. The summed E-state index contributed by atoms with van der Waals surface area (Å²) in [5.74, 6) is -2.43. The zero-order valence-corrected chi connectivity index (χ0v) is 23.2. The Morgan fingerprint density at radius 3 is 2.63 bits per heavy atom. The summed E-state index contributed by atoms with van der Waals surface area (Å²) in [6, 6.07) is 5.34. The third kappa shape index (κ3) is 6.05. The normalized spacial score (nSPS) is 18.5. The predicted molar refractivity (Wildman–Crippen MR) is 143 cm³/mol. The molecule has 2 aromatic rings. The first-order chi connectivity index (χ1) is 18.1. The van der Waals surface area contributed by atoms with Crippen LogP contribution < -0.4 is 15.2 Å². The summed E-state index contributed by atoms with van der Waals surface area (Å²) in [5, 5.41) is 24.1. The molecule has 0 unspecified atom stereocenters. The Bertz CT molecular complexity index is 1360. The number of aromatic nitrogens is 1. The van der Waals surface area contributed by atoms with Crippen molar-refractivity contribution < 1.29 is 34.0 Å². The molecule has 0 bridgehead atoms. The largest absolute Gasteiger partial charge is 0.477 e. The molecule has 3 heterocycles. The molecule has 4 rings (SSSR count). The molecule has 3 amide bonds. The highest BCUT2D eigenvalue weighted by molar-refractivity contribution is 8.00. The van der Waals surface area contributed by atoms with Gasteiger partial charge in [0.1, 0.15) is 29.4 Å². The Hall–Kier alpha value is -2.48. The second-order valence-electron chi connectivity index (χ2n) is 8.13. The maximum absolute atomic E-state index is 12.9. The molecule has 0 saturated carbocycles. The number of amides is 3. The number of aliphatic hydroxyl groups excluding tert-OH is 1. The lowest BCUT2D eigenvalue weighted by Crippen LogP contribution is -2.71. The minimum Gasteiger partial charge on any atom is -0.477 e. The molecule has 1 saturated heterocycles. The first-order valence-corrected chi connectivity index (χ1v) is 14.1. The fraction of sp³-hybridized carbons (Fsp3) is 0.261. The lowest BCUT2D eigenvalue weighted by Gasteiger charge is -2.49. The van der Waals surface area contributed by atoms with Crippen LogP contribution in [0.5, 0.6) is 0 Å². The maximum Gasteiger partial charge on any atom is 0.352 e. The lowest BCUT2D eigenvalue weighted by molar-refractivity contribution is -0.689. The highest BCUT2D eigenvalue weighted by Gasteiger charge is 2.54. The number of fused-ring (bicyclic) bond motifs is 1. The summed E-state index contributed by atoms with van der Waals surface area (Å²) in [7, 11) is 0. The highest BCUT2D eigenvalue weighted by Crippen LogP contribution is 2.40. The molecule has 38 heavy (non-hydrogen) atoms. The van der Waals surface area contributed by atoms with E-state index < -0.39 is 41.8 Å². The van der Waals surface area contributed by atoms with Crippen LogP contribution in [0.1, 0.15) is 10.4 Å². The number of β-lactam (4-membered cyclic amide) rings is 1. The van der Waals surface area contributed by atoms with Crippen LogP contribution in [0.2, 0.25) is 15.1 Å². The minimum absolute atomic E-state index is 0.0391. The molecule has 1 fully saturated rings. The summed E-state index contributed by atoms with van der Waals surface area (Å²) < 4.78 is 1.63. The van der Waals surface area contributed by atoms with E-state index in [0.29, 0.717) is 31.3 Å². The molecule has 4 N–H and O–H groups in total. The van der Waals surface area contributed by atoms with Crippen LogP contribution in [0, 0.1) is 0 Å². The second-order valence-corrected chi connectivity index (χ2v) is 11.5. The van der Waals surface area contributed by atoms with Gasteiger partial charge >= 0.3 is 5.97 Å². The van der Waals surface area contributed by atoms with Crippen LogP contribution in [-0.2, 0) is 20.9 Å². The standard InChI is InChI=1S/C23H19Cl3N4O6S2/c24-13-4-15(26)16(5-14(13)25)37-9-17(32)28-18-21(34)30-19(23(35)36)12(8-38-22(18)30)7-29-3-1-2-11(6-29)20(33)27-10-31/h1-6,18,22,31H,7-10H2,(H2-,27,28,32,33,35,36)/p+1/t18-,22-/m1/s1. The number of hydrogen-bond acceptors (Lipinski definition) is 7. The van der Waals surface area contributed by atoms with Crippen LogP contribution in [0.25, 0.3) is 0 Å². The van der Waals surface area contributed by atoms with Gasteiger partial charge in [-0.15, -0.1) is 23.5 Å². The molecule has 0 aliphatic carbocycles. The van der Waals surface area contributed by atoms with Gasteiger partial charge in [-0.05, 0) is 18.2 Å². The van der Waals surface area contributed by atoms with Gasteiger partial charge in [0, 0.05) is 22.3 Å². The third-order valence-electron chi connectivity index (χ3n) is 5.63. The zero-order valence-electron chi connectivity index (χ0n) is 19.3. The van der Waals surface area contributed by atoms with Gasteiger partial charge in [0.25, 0.3) is 11.8 Å². The Labute approximate surface area is 240 Å². The van der Waals surface area contributed by atoms with Gasteiger partial charge in [0.15, 0.2) is 18.9 Å². The van der Waals surface area contributed by atoms with E-state index in [1.54, 1.807) is 29.0 Å². The van der Waals surface area contributed by atoms with E-state index in [0.717, 1.165) is 11.8 Å². The van der Waals surface area contributed by atoms with Gasteiger partial charge in [0.2, 0.25) is 5.91 Å². The number of carbonyl (C=O) groups excluding carboxylic acids is 3. The molecular weight excluding hydrogens is 599 g/mol. The number of pyridine rings is 1. The van der Waals surface area contributed by atoms with Crippen molar-refractivity contribution in [2.45, 2.75) is 22.9 Å². The van der Waals surface area contributed by atoms with Gasteiger partial charge in [-0.25, -0.2) is 9.36 Å². The van der Waals surface area contributed by atoms with E-state index in [1.165, 1.54) is 28.9 Å². The molecule has 10 nitrogen and oxygen atoms in total. The maximum atomic E-state index is 12.9. The summed E-state index contributed by atoms with van der Waals surface area (Å²) in [6.07, 6.45) is 3.19. The van der Waals surface area contributed by atoms with Gasteiger partial charge in [0.05, 0.1) is 20.8 Å². The van der Waals surface area contributed by atoms with Crippen molar-refractivity contribution >= 4 is 82.0 Å². The molecular formula is C23H20Cl3N4O6S2+. The first-order valence-electron chi connectivity index (χ1n) is 11.0. The highest BCUT2D eigenvalue weighted by atomic mass is 35.5. The number of nitrogens with zero attached hydrogens (tertiary/aromatic N) is 2. The Morgan fingerprint density at radius 1 is 1.18 bits per heavy atom. The number of carboxylic acid groups (broad SMARTS) is 1. The van der Waals surface area contributed by atoms with E-state index in [2.05, 4.69) is 10.6 Å². The second kappa shape index (κ2) is 12.1. The quantitative estimate of drug-likeness (QED) is 0.110. The molecule has 200 valence electrons. The van der Waals surface area contributed by atoms with E-state index in [-0.39, 0.29) is 23.6 Å². The van der Waals surface area contributed by atoms with Crippen LogP contribution in [0.3, 0.4) is 0 Å². The summed E-state index contributed by atoms with van der Waals surface area (Å²) in [4.78, 5) is 51.4. The number of thioether (sulfide) groups is 2. The number of halogens is 3. The average Bonchev–Trinajstić information content (AvgIpc) is 2.88. The molecule has 1 aromatic heterocycles. The monoisotopic (exact) mass is 617 g/mol. The molecule has 0 spiro atoms. The van der Waals surface area contributed by atoms with E-state index in [4.69, 9.17) is 39.9 Å². The fourth-order valence-corrected chi connectivity index (χ4v) is 6.81. The van der Waals surface area contributed by atoms with Crippen molar-refractivity contribution in [2.24, 2.45) is 0 Å². The van der Waals surface area contributed by atoms with Crippen molar-refractivity contribution in [2.75, 3.05) is 18.2 Å². The van der Waals surface area contributed by atoms with Crippen LogP contribution >= 0.6 is 58.3 Å². The Morgan fingerprint density at radius 2 is 1.92 bits per heavy atom. The predicted octanol–water partition coefficient (Wildman–Crippen LogP) is 2.14. The van der Waals surface area contributed by atoms with Crippen molar-refractivity contribution in [1.29, 1.82) is 0 Å². The number of aliphatic hydroxyl groups is 1. The SMILES string of the molecule is O=C(CSc1cc(Cl)c(Cl)cc1Cl)N[C@@H]1C(=O)N2C(C(=O)O)=C(C[n+]3cccc(C(=O)NCO)c3)CS[C@H]12. The fourth-order valence-electron chi connectivity index (χ4n) is 3.93. The van der Waals surface area contributed by atoms with Crippen molar-refractivity contribution in [1.82, 2.24) is 15.5 Å². The summed E-state index contributed by atoms with van der Waals surface area (Å²) in [5.41, 5.74) is 0.619. The molecule has 2 atom stereocenters. The molecule has 1 aromatic carbocycles. The van der Waals surface area contributed by atoms with E-state index >= 15 is 0 Å². The van der Waals surface area contributed by atoms with Crippen LogP contribution in [-0.4, -0.2) is 68.5 Å². The van der Waals surface area contributed by atoms with Crippen molar-refractivity contribution in [3.63, 3.8) is 0 Å². The molecule has 2 aliphatic heterocycles. The Kier molecular flexibility index (Phi) is 9.11.